The highest BCUT2D eigenvalue weighted by Crippen LogP contribution is 2.37. The van der Waals surface area contributed by atoms with Gasteiger partial charge in [0.25, 0.3) is 5.91 Å². The molecule has 0 aliphatic rings. The molecule has 0 unspecified atom stereocenters. The van der Waals surface area contributed by atoms with Crippen molar-refractivity contribution in [1.82, 2.24) is 0 Å². The summed E-state index contributed by atoms with van der Waals surface area (Å²) in [5, 5.41) is 6.27. The first-order valence-electron chi connectivity index (χ1n) is 9.36. The van der Waals surface area contributed by atoms with Gasteiger partial charge in [-0.15, -0.1) is 0 Å². The molecule has 178 valence electrons. The number of anilines is 3. The van der Waals surface area contributed by atoms with E-state index in [4.69, 9.17) is 0 Å². The van der Waals surface area contributed by atoms with E-state index >= 15 is 0 Å². The Balaban J connectivity index is 1.77. The van der Waals surface area contributed by atoms with Gasteiger partial charge in [-0.3, -0.25) is 4.79 Å². The number of hydrogen-bond acceptors (Lipinski definition) is 2. The largest absolute Gasteiger partial charge is 0.418 e. The zero-order valence-corrected chi connectivity index (χ0v) is 16.8. The number of carbonyl (C=O) groups excluding carboxylic acids is 2. The van der Waals surface area contributed by atoms with Crippen molar-refractivity contribution in [2.75, 3.05) is 16.0 Å². The van der Waals surface area contributed by atoms with Gasteiger partial charge in [-0.2, -0.15) is 26.3 Å². The summed E-state index contributed by atoms with van der Waals surface area (Å²) in [7, 11) is 0. The third-order valence-electron chi connectivity index (χ3n) is 4.39. The lowest BCUT2D eigenvalue weighted by Crippen LogP contribution is -2.21. The van der Waals surface area contributed by atoms with Gasteiger partial charge in [0, 0.05) is 16.9 Å². The molecule has 0 saturated carbocycles. The lowest BCUT2D eigenvalue weighted by molar-refractivity contribution is -0.138. The van der Waals surface area contributed by atoms with Crippen molar-refractivity contribution in [3.05, 3.63) is 89.2 Å². The van der Waals surface area contributed by atoms with Gasteiger partial charge in [-0.1, -0.05) is 6.07 Å². The fourth-order valence-corrected chi connectivity index (χ4v) is 2.83. The Morgan fingerprint density at radius 2 is 1.29 bits per heavy atom. The quantitative estimate of drug-likeness (QED) is 0.358. The van der Waals surface area contributed by atoms with E-state index in [1.165, 1.54) is 6.07 Å². The zero-order valence-electron chi connectivity index (χ0n) is 16.8. The Labute approximate surface area is 187 Å². The molecular formula is C22H14F7N3O2. The smallest absolute Gasteiger partial charge is 0.321 e. The maximum Gasteiger partial charge on any atom is 0.418 e. The Morgan fingerprint density at radius 1 is 0.676 bits per heavy atom. The highest BCUT2D eigenvalue weighted by molar-refractivity contribution is 6.05. The van der Waals surface area contributed by atoms with Crippen LogP contribution in [0.3, 0.4) is 0 Å². The summed E-state index contributed by atoms with van der Waals surface area (Å²) in [4.78, 5) is 24.3. The maximum atomic E-state index is 13.5. The molecule has 3 rings (SSSR count). The predicted octanol–water partition coefficient (Wildman–Crippen LogP) is 6.76. The molecule has 3 aromatic carbocycles. The molecule has 0 fully saturated rings. The van der Waals surface area contributed by atoms with Crippen LogP contribution >= 0.6 is 0 Å². The lowest BCUT2D eigenvalue weighted by Gasteiger charge is -2.16. The fourth-order valence-electron chi connectivity index (χ4n) is 2.83. The van der Waals surface area contributed by atoms with Crippen LogP contribution in [0.5, 0.6) is 0 Å². The van der Waals surface area contributed by atoms with Crippen LogP contribution in [-0.2, 0) is 12.4 Å². The third kappa shape index (κ3) is 6.24. The van der Waals surface area contributed by atoms with E-state index in [-0.39, 0.29) is 16.9 Å². The molecule has 0 heterocycles. The summed E-state index contributed by atoms with van der Waals surface area (Å²) < 4.78 is 91.9. The summed E-state index contributed by atoms with van der Waals surface area (Å²) in [6, 6.07) is 9.20. The molecule has 34 heavy (non-hydrogen) atoms. The molecule has 12 heteroatoms. The molecule has 3 aromatic rings. The van der Waals surface area contributed by atoms with Crippen molar-refractivity contribution in [1.29, 1.82) is 0 Å². The highest BCUT2D eigenvalue weighted by Gasteiger charge is 2.34. The summed E-state index contributed by atoms with van der Waals surface area (Å²) in [6.07, 6.45) is -9.58. The van der Waals surface area contributed by atoms with Crippen molar-refractivity contribution >= 4 is 29.0 Å². The van der Waals surface area contributed by atoms with Gasteiger partial charge >= 0.3 is 18.4 Å². The van der Waals surface area contributed by atoms with Gasteiger partial charge in [0.15, 0.2) is 0 Å². The molecule has 0 spiro atoms. The molecule has 0 radical (unpaired) electrons. The molecule has 0 aliphatic heterocycles. The minimum atomic E-state index is -4.93. The number of alkyl halides is 6. The number of nitrogens with one attached hydrogen (secondary N) is 3. The summed E-state index contributed by atoms with van der Waals surface area (Å²) in [5.74, 6) is -1.56. The Bertz CT molecular complexity index is 1210. The molecule has 3 N–H and O–H groups in total. The number of amides is 3. The van der Waals surface area contributed by atoms with Gasteiger partial charge in [-0.05, 0) is 60.7 Å². The van der Waals surface area contributed by atoms with Gasteiger partial charge < -0.3 is 16.0 Å². The molecule has 0 aliphatic carbocycles. The zero-order chi connectivity index (χ0) is 25.1. The number of urea groups is 1. The van der Waals surface area contributed by atoms with Crippen molar-refractivity contribution in [3.63, 3.8) is 0 Å². The van der Waals surface area contributed by atoms with E-state index in [1.54, 1.807) is 0 Å². The lowest BCUT2D eigenvalue weighted by atomic mass is 10.1. The van der Waals surface area contributed by atoms with Crippen LogP contribution in [0, 0.1) is 5.82 Å². The van der Waals surface area contributed by atoms with Crippen LogP contribution in [0.15, 0.2) is 66.7 Å². The topological polar surface area (TPSA) is 70.2 Å². The van der Waals surface area contributed by atoms with E-state index in [1.807, 2.05) is 0 Å². The Kier molecular flexibility index (Phi) is 6.80. The fraction of sp³-hybridized carbons (Fsp3) is 0.0909. The van der Waals surface area contributed by atoms with Crippen LogP contribution in [0.25, 0.3) is 0 Å². The molecule has 0 saturated heterocycles. The van der Waals surface area contributed by atoms with Crippen molar-refractivity contribution < 1.29 is 40.3 Å². The number of rotatable bonds is 4. The van der Waals surface area contributed by atoms with E-state index in [0.717, 1.165) is 48.5 Å². The molecule has 5 nitrogen and oxygen atoms in total. The summed E-state index contributed by atoms with van der Waals surface area (Å²) >= 11 is 0. The Morgan fingerprint density at radius 3 is 1.88 bits per heavy atom. The van der Waals surface area contributed by atoms with Crippen LogP contribution in [0.4, 0.5) is 52.6 Å². The van der Waals surface area contributed by atoms with Gasteiger partial charge in [-0.25, -0.2) is 9.18 Å². The minimum absolute atomic E-state index is 0.0859. The van der Waals surface area contributed by atoms with E-state index in [9.17, 15) is 40.3 Å². The van der Waals surface area contributed by atoms with Crippen LogP contribution < -0.4 is 16.0 Å². The molecule has 0 aromatic heterocycles. The summed E-state index contributed by atoms with van der Waals surface area (Å²) in [6.45, 7) is 0. The average Bonchev–Trinajstić information content (AvgIpc) is 2.74. The molecule has 0 atom stereocenters. The third-order valence-corrected chi connectivity index (χ3v) is 4.39. The number of halogens is 7. The van der Waals surface area contributed by atoms with E-state index in [2.05, 4.69) is 16.0 Å². The average molecular weight is 485 g/mol. The first-order chi connectivity index (χ1) is 15.8. The second-order valence-corrected chi connectivity index (χ2v) is 6.88. The second-order valence-electron chi connectivity index (χ2n) is 6.88. The van der Waals surface area contributed by atoms with Gasteiger partial charge in [0.1, 0.15) is 5.82 Å². The minimum Gasteiger partial charge on any atom is -0.321 e. The normalized spacial score (nSPS) is 11.6. The van der Waals surface area contributed by atoms with Gasteiger partial charge in [0.2, 0.25) is 0 Å². The van der Waals surface area contributed by atoms with Crippen LogP contribution in [0.2, 0.25) is 0 Å². The first-order valence-corrected chi connectivity index (χ1v) is 9.36. The molecule has 0 bridgehead atoms. The van der Waals surface area contributed by atoms with Crippen LogP contribution in [-0.4, -0.2) is 11.9 Å². The first kappa shape index (κ1) is 24.6. The summed E-state index contributed by atoms with van der Waals surface area (Å²) in [5.41, 5.74) is -3.59. The number of benzene rings is 3. The van der Waals surface area contributed by atoms with Crippen molar-refractivity contribution in [2.24, 2.45) is 0 Å². The standard InChI is InChI=1S/C22H14F7N3O2/c23-14-6-4-12(5-7-14)19(33)32-18-9-8-16(11-17(18)22(27,28)29)31-20(34)30-15-3-1-2-13(10-15)21(24,25)26/h1-11H,(H,32,33)(H2,30,31,34). The number of hydrogen-bond donors (Lipinski definition) is 3. The molecule has 3 amide bonds. The van der Waals surface area contributed by atoms with Crippen LogP contribution in [0.1, 0.15) is 21.5 Å². The molecular weight excluding hydrogens is 471 g/mol. The second kappa shape index (κ2) is 9.41. The SMILES string of the molecule is O=C(Nc1cccc(C(F)(F)F)c1)Nc1ccc(NC(=O)c2ccc(F)cc2)c(C(F)(F)F)c1. The predicted molar refractivity (Wildman–Crippen MR) is 110 cm³/mol. The monoisotopic (exact) mass is 485 g/mol. The van der Waals surface area contributed by atoms with Gasteiger partial charge in [0.05, 0.1) is 16.8 Å². The van der Waals surface area contributed by atoms with Crippen molar-refractivity contribution in [3.8, 4) is 0 Å². The van der Waals surface area contributed by atoms with Crippen molar-refractivity contribution in [2.45, 2.75) is 12.4 Å². The Hall–Kier alpha value is -4.09. The van der Waals surface area contributed by atoms with E-state index < -0.39 is 46.9 Å². The number of carbonyl (C=O) groups is 2. The van der Waals surface area contributed by atoms with E-state index in [0.29, 0.717) is 12.1 Å². The highest BCUT2D eigenvalue weighted by atomic mass is 19.4. The maximum absolute atomic E-state index is 13.5.